The summed E-state index contributed by atoms with van der Waals surface area (Å²) in [5.41, 5.74) is 0.907. The number of urea groups is 1. The van der Waals surface area contributed by atoms with Crippen LogP contribution in [0.3, 0.4) is 0 Å². The third kappa shape index (κ3) is 4.53. The van der Waals surface area contributed by atoms with E-state index in [0.29, 0.717) is 12.8 Å². The second kappa shape index (κ2) is 8.03. The SMILES string of the molecule is C[C@@]1(CCc2ccccc2)NC(=O)N(CC(=O)OCc2ccccc2)C1=O. The predicted molar refractivity (Wildman–Crippen MR) is 99.7 cm³/mol. The Bertz CT molecular complexity index is 823. The molecule has 3 rings (SSSR count). The highest BCUT2D eigenvalue weighted by Gasteiger charge is 2.48. The number of nitrogens with one attached hydrogen (secondary N) is 1. The molecule has 0 aromatic heterocycles. The van der Waals surface area contributed by atoms with Crippen molar-refractivity contribution in [3.8, 4) is 0 Å². The van der Waals surface area contributed by atoms with E-state index in [0.717, 1.165) is 16.0 Å². The Kier molecular flexibility index (Phi) is 5.54. The molecule has 3 amide bonds. The zero-order valence-corrected chi connectivity index (χ0v) is 15.2. The summed E-state index contributed by atoms with van der Waals surface area (Å²) in [5, 5.41) is 2.71. The average Bonchev–Trinajstić information content (AvgIpc) is 2.90. The average molecular weight is 366 g/mol. The van der Waals surface area contributed by atoms with Crippen LogP contribution in [0.25, 0.3) is 0 Å². The highest BCUT2D eigenvalue weighted by molar-refractivity contribution is 6.08. The summed E-state index contributed by atoms with van der Waals surface area (Å²) in [7, 11) is 0. The van der Waals surface area contributed by atoms with Crippen LogP contribution in [0.5, 0.6) is 0 Å². The molecule has 1 aliphatic heterocycles. The van der Waals surface area contributed by atoms with Gasteiger partial charge in [-0.25, -0.2) is 4.79 Å². The van der Waals surface area contributed by atoms with E-state index in [1.165, 1.54) is 0 Å². The fraction of sp³-hybridized carbons (Fsp3) is 0.286. The number of aryl methyl sites for hydroxylation is 1. The molecule has 1 N–H and O–H groups in total. The van der Waals surface area contributed by atoms with Gasteiger partial charge in [-0.15, -0.1) is 0 Å². The Labute approximate surface area is 158 Å². The summed E-state index contributed by atoms with van der Waals surface area (Å²) in [5.74, 6) is -1.02. The highest BCUT2D eigenvalue weighted by Crippen LogP contribution is 2.23. The molecule has 140 valence electrons. The first-order valence-electron chi connectivity index (χ1n) is 8.85. The van der Waals surface area contributed by atoms with Crippen molar-refractivity contribution in [1.29, 1.82) is 0 Å². The molecule has 0 spiro atoms. The molecule has 0 unspecified atom stereocenters. The first-order valence-corrected chi connectivity index (χ1v) is 8.85. The number of imide groups is 1. The number of rotatable bonds is 7. The fourth-order valence-corrected chi connectivity index (χ4v) is 3.01. The van der Waals surface area contributed by atoms with Crippen molar-refractivity contribution in [2.24, 2.45) is 0 Å². The van der Waals surface area contributed by atoms with Crippen LogP contribution in [-0.4, -0.2) is 34.9 Å². The maximum atomic E-state index is 12.7. The molecule has 6 nitrogen and oxygen atoms in total. The molecule has 0 saturated carbocycles. The van der Waals surface area contributed by atoms with Crippen LogP contribution >= 0.6 is 0 Å². The summed E-state index contributed by atoms with van der Waals surface area (Å²) in [6.07, 6.45) is 1.10. The number of ether oxygens (including phenoxy) is 1. The van der Waals surface area contributed by atoms with Gasteiger partial charge in [0, 0.05) is 0 Å². The van der Waals surface area contributed by atoms with E-state index in [1.807, 2.05) is 60.7 Å². The van der Waals surface area contributed by atoms with E-state index in [1.54, 1.807) is 6.92 Å². The molecule has 0 radical (unpaired) electrons. The molecule has 0 bridgehead atoms. The number of nitrogens with zero attached hydrogens (tertiary/aromatic N) is 1. The summed E-state index contributed by atoms with van der Waals surface area (Å²) >= 11 is 0. The van der Waals surface area contributed by atoms with Crippen molar-refractivity contribution < 1.29 is 19.1 Å². The summed E-state index contributed by atoms with van der Waals surface area (Å²) in [4.78, 5) is 37.9. The lowest BCUT2D eigenvalue weighted by molar-refractivity contribution is -0.148. The van der Waals surface area contributed by atoms with Gasteiger partial charge in [0.1, 0.15) is 18.7 Å². The normalized spacial score (nSPS) is 19.1. The van der Waals surface area contributed by atoms with Gasteiger partial charge in [0.25, 0.3) is 5.91 Å². The van der Waals surface area contributed by atoms with Crippen molar-refractivity contribution in [2.45, 2.75) is 31.9 Å². The first-order chi connectivity index (χ1) is 13.0. The largest absolute Gasteiger partial charge is 0.459 e. The Morgan fingerprint density at radius 3 is 2.22 bits per heavy atom. The quantitative estimate of drug-likeness (QED) is 0.604. The van der Waals surface area contributed by atoms with Crippen LogP contribution in [0, 0.1) is 0 Å². The lowest BCUT2D eigenvalue weighted by Gasteiger charge is -2.21. The monoisotopic (exact) mass is 366 g/mol. The third-order valence-electron chi connectivity index (χ3n) is 4.63. The van der Waals surface area contributed by atoms with Gasteiger partial charge in [-0.05, 0) is 30.9 Å². The van der Waals surface area contributed by atoms with Gasteiger partial charge in [-0.2, -0.15) is 0 Å². The summed E-state index contributed by atoms with van der Waals surface area (Å²) in [6.45, 7) is 1.40. The number of hydrogen-bond acceptors (Lipinski definition) is 4. The minimum atomic E-state index is -1.02. The Balaban J connectivity index is 1.55. The van der Waals surface area contributed by atoms with Crippen molar-refractivity contribution >= 4 is 17.9 Å². The summed E-state index contributed by atoms with van der Waals surface area (Å²) in [6, 6.07) is 18.4. The molecule has 1 aliphatic rings. The lowest BCUT2D eigenvalue weighted by atomic mass is 9.93. The number of amides is 3. The van der Waals surface area contributed by atoms with Gasteiger partial charge in [0.15, 0.2) is 0 Å². The minimum absolute atomic E-state index is 0.106. The topological polar surface area (TPSA) is 75.7 Å². The molecular formula is C21H22N2O4. The van der Waals surface area contributed by atoms with Crippen LogP contribution in [0.1, 0.15) is 24.5 Å². The first kappa shape index (κ1) is 18.6. The van der Waals surface area contributed by atoms with Crippen molar-refractivity contribution in [2.75, 3.05) is 6.54 Å². The second-order valence-corrected chi connectivity index (χ2v) is 6.79. The lowest BCUT2D eigenvalue weighted by Crippen LogP contribution is -2.44. The fourth-order valence-electron chi connectivity index (χ4n) is 3.01. The van der Waals surface area contributed by atoms with E-state index in [2.05, 4.69) is 5.32 Å². The van der Waals surface area contributed by atoms with Crippen LogP contribution in [0.4, 0.5) is 4.79 Å². The number of esters is 1. The number of benzene rings is 2. The maximum absolute atomic E-state index is 12.7. The summed E-state index contributed by atoms with van der Waals surface area (Å²) < 4.78 is 5.17. The van der Waals surface area contributed by atoms with E-state index in [-0.39, 0.29) is 6.61 Å². The van der Waals surface area contributed by atoms with Crippen molar-refractivity contribution in [1.82, 2.24) is 10.2 Å². The van der Waals surface area contributed by atoms with E-state index in [4.69, 9.17) is 4.74 Å². The van der Waals surface area contributed by atoms with Crippen LogP contribution < -0.4 is 5.32 Å². The number of carbonyl (C=O) groups excluding carboxylic acids is 3. The molecule has 2 aromatic carbocycles. The van der Waals surface area contributed by atoms with E-state index >= 15 is 0 Å². The smallest absolute Gasteiger partial charge is 0.326 e. The molecule has 6 heteroatoms. The van der Waals surface area contributed by atoms with Gasteiger partial charge in [-0.3, -0.25) is 14.5 Å². The molecular weight excluding hydrogens is 344 g/mol. The Hall–Kier alpha value is -3.15. The standard InChI is InChI=1S/C21H22N2O4/c1-21(13-12-16-8-4-2-5-9-16)19(25)23(20(26)22-21)14-18(24)27-15-17-10-6-3-7-11-17/h2-11H,12-15H2,1H3,(H,22,26)/t21-/m0/s1. The molecule has 1 heterocycles. The zero-order chi connectivity index (χ0) is 19.3. The molecule has 2 aromatic rings. The maximum Gasteiger partial charge on any atom is 0.326 e. The van der Waals surface area contributed by atoms with Gasteiger partial charge in [0.2, 0.25) is 0 Å². The number of carbonyl (C=O) groups is 3. The van der Waals surface area contributed by atoms with Crippen molar-refractivity contribution in [3.05, 3.63) is 71.8 Å². The molecule has 1 atom stereocenters. The second-order valence-electron chi connectivity index (χ2n) is 6.79. The number of hydrogen-bond donors (Lipinski definition) is 1. The van der Waals surface area contributed by atoms with Gasteiger partial charge >= 0.3 is 12.0 Å². The molecule has 27 heavy (non-hydrogen) atoms. The third-order valence-corrected chi connectivity index (χ3v) is 4.63. The molecule has 1 fully saturated rings. The minimum Gasteiger partial charge on any atom is -0.459 e. The highest BCUT2D eigenvalue weighted by atomic mass is 16.5. The molecule has 0 aliphatic carbocycles. The van der Waals surface area contributed by atoms with E-state index < -0.39 is 30.0 Å². The van der Waals surface area contributed by atoms with Gasteiger partial charge in [0.05, 0.1) is 0 Å². The van der Waals surface area contributed by atoms with Gasteiger partial charge in [-0.1, -0.05) is 60.7 Å². The predicted octanol–water partition coefficient (Wildman–Crippen LogP) is 2.67. The van der Waals surface area contributed by atoms with Crippen molar-refractivity contribution in [3.63, 3.8) is 0 Å². The Morgan fingerprint density at radius 2 is 1.59 bits per heavy atom. The zero-order valence-electron chi connectivity index (χ0n) is 15.2. The Morgan fingerprint density at radius 1 is 1.00 bits per heavy atom. The van der Waals surface area contributed by atoms with Crippen LogP contribution in [0.15, 0.2) is 60.7 Å². The van der Waals surface area contributed by atoms with E-state index in [9.17, 15) is 14.4 Å². The molecule has 1 saturated heterocycles. The van der Waals surface area contributed by atoms with Crippen LogP contribution in [-0.2, 0) is 27.4 Å². The van der Waals surface area contributed by atoms with Crippen LogP contribution in [0.2, 0.25) is 0 Å². The van der Waals surface area contributed by atoms with Gasteiger partial charge < -0.3 is 10.1 Å².